The average Bonchev–Trinajstić information content (AvgIpc) is 4.04. The van der Waals surface area contributed by atoms with Gasteiger partial charge < -0.3 is 19.3 Å². The van der Waals surface area contributed by atoms with Gasteiger partial charge in [-0.3, -0.25) is 19.2 Å². The average molecular weight is 966 g/mol. The van der Waals surface area contributed by atoms with Crippen LogP contribution in [0.4, 0.5) is 8.78 Å². The first kappa shape index (κ1) is 47.0. The molecular weight excluding hydrogens is 917 g/mol. The van der Waals surface area contributed by atoms with Crippen LogP contribution in [0, 0.1) is 59.0 Å². The van der Waals surface area contributed by atoms with E-state index >= 15 is 0 Å². The third-order valence-corrected chi connectivity index (χ3v) is 14.6. The highest BCUT2D eigenvalue weighted by molar-refractivity contribution is 6.31. The number of aliphatic carboxylic acids is 1. The molecule has 4 fully saturated rings. The summed E-state index contributed by atoms with van der Waals surface area (Å²) in [6.07, 6.45) is 6.55. The smallest absolute Gasteiger partial charge is 0.306 e. The zero-order valence-corrected chi connectivity index (χ0v) is 38.5. The lowest BCUT2D eigenvalue weighted by atomic mass is 9.87. The van der Waals surface area contributed by atoms with Crippen molar-refractivity contribution in [3.63, 3.8) is 0 Å². The molecule has 0 amide bonds. The third kappa shape index (κ3) is 10.8. The highest BCUT2D eigenvalue weighted by Crippen LogP contribution is 2.63. The Morgan fingerprint density at radius 3 is 1.41 bits per heavy atom. The molecular formula is C52H48Cl2F2N4O8. The number of aromatic nitrogens is 4. The summed E-state index contributed by atoms with van der Waals surface area (Å²) in [5, 5.41) is 11.6. The van der Waals surface area contributed by atoms with Gasteiger partial charge in [-0.15, -0.1) is 0 Å². The molecule has 6 aromatic rings. The molecule has 16 heteroatoms. The molecule has 0 spiro atoms. The number of ketones is 2. The van der Waals surface area contributed by atoms with E-state index in [2.05, 4.69) is 19.9 Å². The summed E-state index contributed by atoms with van der Waals surface area (Å²) < 4.78 is 44.9. The van der Waals surface area contributed by atoms with Gasteiger partial charge in [0.25, 0.3) is 0 Å². The van der Waals surface area contributed by atoms with E-state index in [4.69, 9.17) is 37.4 Å². The van der Waals surface area contributed by atoms with Crippen LogP contribution in [0.3, 0.4) is 0 Å². The van der Waals surface area contributed by atoms with E-state index in [1.165, 1.54) is 36.9 Å². The Kier molecular flexibility index (Phi) is 14.0. The van der Waals surface area contributed by atoms with Crippen molar-refractivity contribution < 1.29 is 47.3 Å². The van der Waals surface area contributed by atoms with Crippen molar-refractivity contribution in [1.29, 1.82) is 0 Å². The number of carboxylic acids is 1. The highest BCUT2D eigenvalue weighted by atomic mass is 35.5. The number of fused-ring (bicyclic) bond motifs is 4. The molecule has 68 heavy (non-hydrogen) atoms. The maximum atomic E-state index is 13.8. The van der Waals surface area contributed by atoms with Gasteiger partial charge in [0.1, 0.15) is 36.5 Å². The molecule has 4 aliphatic carbocycles. The van der Waals surface area contributed by atoms with Gasteiger partial charge in [-0.05, 0) is 165 Å². The molecule has 0 aliphatic heterocycles. The second kappa shape index (κ2) is 20.2. The van der Waals surface area contributed by atoms with Crippen molar-refractivity contribution in [2.75, 3.05) is 6.61 Å². The number of hydrogen-bond donors (Lipinski definition) is 1. The molecule has 2 aromatic heterocycles. The van der Waals surface area contributed by atoms with Crippen LogP contribution in [0.1, 0.15) is 79.0 Å². The van der Waals surface area contributed by atoms with Crippen LogP contribution in [0.15, 0.2) is 97.6 Å². The Labute approximate surface area is 400 Å². The van der Waals surface area contributed by atoms with Crippen LogP contribution in [-0.2, 0) is 14.3 Å². The van der Waals surface area contributed by atoms with Crippen molar-refractivity contribution in [2.24, 2.45) is 47.3 Å². The summed E-state index contributed by atoms with van der Waals surface area (Å²) in [6, 6.07) is 22.2. The SMILES string of the molecule is CCOC(=O)CC(CC(=O)c1ccc(Cl)cc1)C1[C@H]2CC(Oc3ncnc4ccc(F)cc34)C[C@@H]12.O=C(O)CC(CC(=O)c1ccc(Cl)cc1)C1[C@H]2CC(Oc3ncnc4ccc(F)cc34)C[C@@H]12. The molecule has 4 saturated carbocycles. The topological polar surface area (TPSA) is 168 Å². The summed E-state index contributed by atoms with van der Waals surface area (Å²) in [5.41, 5.74) is 2.39. The van der Waals surface area contributed by atoms with E-state index in [0.29, 0.717) is 91.4 Å². The molecule has 12 nitrogen and oxygen atoms in total. The van der Waals surface area contributed by atoms with Crippen molar-refractivity contribution in [3.8, 4) is 11.8 Å². The predicted molar refractivity (Wildman–Crippen MR) is 249 cm³/mol. The number of benzene rings is 4. The summed E-state index contributed by atoms with van der Waals surface area (Å²) in [6.45, 7) is 2.10. The van der Waals surface area contributed by atoms with Gasteiger partial charge in [0.15, 0.2) is 11.6 Å². The van der Waals surface area contributed by atoms with E-state index in [9.17, 15) is 33.1 Å². The zero-order chi connectivity index (χ0) is 47.6. The molecule has 0 bridgehead atoms. The van der Waals surface area contributed by atoms with E-state index in [-0.39, 0.29) is 84.3 Å². The zero-order valence-electron chi connectivity index (χ0n) is 37.0. The fraction of sp³-hybridized carbons (Fsp3) is 0.385. The number of carboxylic acid groups (broad SMARTS) is 1. The Morgan fingerprint density at radius 1 is 0.603 bits per heavy atom. The third-order valence-electron chi connectivity index (χ3n) is 14.1. The maximum Gasteiger partial charge on any atom is 0.306 e. The van der Waals surface area contributed by atoms with Gasteiger partial charge >= 0.3 is 11.9 Å². The summed E-state index contributed by atoms with van der Waals surface area (Å²) in [5.74, 6) is 0.356. The number of carbonyl (C=O) groups excluding carboxylic acids is 3. The van der Waals surface area contributed by atoms with Crippen LogP contribution in [0.5, 0.6) is 11.8 Å². The Morgan fingerprint density at radius 2 is 1.01 bits per heavy atom. The highest BCUT2D eigenvalue weighted by Gasteiger charge is 2.61. The number of esters is 1. The lowest BCUT2D eigenvalue weighted by molar-refractivity contribution is -0.144. The molecule has 10 rings (SSSR count). The number of rotatable bonds is 17. The molecule has 6 unspecified atom stereocenters. The molecule has 4 aliphatic rings. The molecule has 352 valence electrons. The minimum Gasteiger partial charge on any atom is -0.481 e. The Hall–Kier alpha value is -6.12. The second-order valence-electron chi connectivity index (χ2n) is 18.3. The first-order valence-corrected chi connectivity index (χ1v) is 23.7. The second-order valence-corrected chi connectivity index (χ2v) is 19.2. The van der Waals surface area contributed by atoms with Crippen LogP contribution in [0.2, 0.25) is 10.0 Å². The van der Waals surface area contributed by atoms with Gasteiger partial charge in [-0.1, -0.05) is 23.2 Å². The summed E-state index contributed by atoms with van der Waals surface area (Å²) >= 11 is 11.9. The van der Waals surface area contributed by atoms with E-state index in [1.54, 1.807) is 67.6 Å². The lowest BCUT2D eigenvalue weighted by Crippen LogP contribution is -2.22. The van der Waals surface area contributed by atoms with Gasteiger partial charge in [-0.25, -0.2) is 28.7 Å². The van der Waals surface area contributed by atoms with E-state index < -0.39 is 5.97 Å². The van der Waals surface area contributed by atoms with Crippen molar-refractivity contribution in [3.05, 3.63) is 130 Å². The first-order valence-electron chi connectivity index (χ1n) is 22.9. The van der Waals surface area contributed by atoms with Crippen LogP contribution in [-0.4, -0.2) is 67.4 Å². The maximum absolute atomic E-state index is 13.8. The minimum absolute atomic E-state index is 0.00298. The van der Waals surface area contributed by atoms with Crippen molar-refractivity contribution in [2.45, 2.75) is 70.5 Å². The molecule has 1 N–H and O–H groups in total. The van der Waals surface area contributed by atoms with Crippen LogP contribution in [0.25, 0.3) is 21.8 Å². The van der Waals surface area contributed by atoms with Gasteiger partial charge in [0.05, 0.1) is 28.4 Å². The van der Waals surface area contributed by atoms with Gasteiger partial charge in [0, 0.05) is 46.9 Å². The first-order chi connectivity index (χ1) is 32.8. The number of nitrogens with zero attached hydrogens (tertiary/aromatic N) is 4. The fourth-order valence-corrected chi connectivity index (χ4v) is 11.4. The molecule has 0 radical (unpaired) electrons. The van der Waals surface area contributed by atoms with Gasteiger partial charge in [-0.2, -0.15) is 0 Å². The Bertz CT molecular complexity index is 2830. The number of carbonyl (C=O) groups is 4. The standard InChI is InChI=1S/C27H26ClFN2O4.C25H22ClFN2O4/c1-2-34-25(33)10-16(9-24(32)15-3-5-17(28)6-4-15)26-20-12-19(13-21(20)26)35-27-22-11-18(29)7-8-23(22)30-14-31-27;26-15-3-1-13(2-4-15)22(30)7-14(8-23(31)32)24-18-10-17(11-19(18)24)33-25-20-9-16(27)5-6-21(20)28-12-29-25/h3-8,11,14,16,19-21,26H,2,9-10,12-13H2,1H3;1-6,9,12,14,17-19,24H,7-8,10-11H2,(H,31,32)/t16?,19?,20-,21+,26?;14?,17?,18-,19+,24?. The number of hydrogen-bond acceptors (Lipinski definition) is 11. The van der Waals surface area contributed by atoms with Crippen LogP contribution < -0.4 is 9.47 Å². The lowest BCUT2D eigenvalue weighted by Gasteiger charge is -2.21. The largest absolute Gasteiger partial charge is 0.481 e. The number of halogens is 4. The summed E-state index contributed by atoms with van der Waals surface area (Å²) in [7, 11) is 0. The molecule has 0 saturated heterocycles. The number of ether oxygens (including phenoxy) is 3. The molecule has 2 heterocycles. The normalized spacial score (nSPS) is 23.9. The predicted octanol–water partition coefficient (Wildman–Crippen LogP) is 10.9. The van der Waals surface area contributed by atoms with E-state index in [1.807, 2.05) is 0 Å². The fourth-order valence-electron chi connectivity index (χ4n) is 11.1. The van der Waals surface area contributed by atoms with Gasteiger partial charge in [0.2, 0.25) is 11.8 Å². The quantitative estimate of drug-likeness (QED) is 0.0679. The Balaban J connectivity index is 0.000000170. The van der Waals surface area contributed by atoms with E-state index in [0.717, 1.165) is 25.7 Å². The monoisotopic (exact) mass is 964 g/mol. The van der Waals surface area contributed by atoms with Crippen molar-refractivity contribution >= 4 is 68.5 Å². The summed E-state index contributed by atoms with van der Waals surface area (Å²) in [4.78, 5) is 66.2. The van der Waals surface area contributed by atoms with Crippen LogP contribution >= 0.6 is 23.2 Å². The van der Waals surface area contributed by atoms with Crippen molar-refractivity contribution in [1.82, 2.24) is 19.9 Å². The number of Topliss-reactive ketones (excluding diaryl/α,β-unsaturated/α-hetero) is 2. The molecule has 4 aromatic carbocycles. The molecule has 10 atom stereocenters. The minimum atomic E-state index is -0.892.